The number of carbonyl (C=O) groups is 1. The van der Waals surface area contributed by atoms with Crippen molar-refractivity contribution in [2.24, 2.45) is 0 Å². The van der Waals surface area contributed by atoms with Crippen LogP contribution in [-0.4, -0.2) is 33.4 Å². The molecule has 0 radical (unpaired) electrons. The number of hydrogen-bond donors (Lipinski definition) is 1. The van der Waals surface area contributed by atoms with Crippen LogP contribution in [0.1, 0.15) is 6.92 Å². The van der Waals surface area contributed by atoms with Crippen molar-refractivity contribution in [3.8, 4) is 17.2 Å². The molecule has 29 heavy (non-hydrogen) atoms. The van der Waals surface area contributed by atoms with Crippen molar-refractivity contribution in [2.75, 3.05) is 17.7 Å². The maximum Gasteiger partial charge on any atom is 0.277 e. The number of benzene rings is 2. The van der Waals surface area contributed by atoms with E-state index < -0.39 is 0 Å². The Morgan fingerprint density at radius 1 is 1.24 bits per heavy atom. The summed E-state index contributed by atoms with van der Waals surface area (Å²) in [6, 6.07) is 13.2. The minimum absolute atomic E-state index is 0.141. The van der Waals surface area contributed by atoms with Crippen LogP contribution in [-0.2, 0) is 4.79 Å². The Labute approximate surface area is 183 Å². The molecule has 1 N–H and O–H groups in total. The Balaban J connectivity index is 1.35. The molecule has 4 aromatic rings. The van der Waals surface area contributed by atoms with Crippen LogP contribution in [0, 0.1) is 0 Å². The van der Waals surface area contributed by atoms with Gasteiger partial charge in [0.05, 0.1) is 22.6 Å². The van der Waals surface area contributed by atoms with E-state index in [1.807, 2.05) is 49.4 Å². The fourth-order valence-corrected chi connectivity index (χ4v) is 4.21. The number of fused-ring (bicyclic) bond motifs is 1. The van der Waals surface area contributed by atoms with Crippen LogP contribution in [0.3, 0.4) is 0 Å². The van der Waals surface area contributed by atoms with E-state index in [4.69, 9.17) is 9.15 Å². The van der Waals surface area contributed by atoms with Gasteiger partial charge in [0, 0.05) is 10.0 Å². The third-order valence-electron chi connectivity index (χ3n) is 3.74. The van der Waals surface area contributed by atoms with Gasteiger partial charge in [0.25, 0.3) is 5.22 Å². The van der Waals surface area contributed by atoms with Gasteiger partial charge in [0.1, 0.15) is 5.75 Å². The molecule has 1 amide bonds. The molecule has 10 heteroatoms. The van der Waals surface area contributed by atoms with E-state index in [-0.39, 0.29) is 11.7 Å². The highest BCUT2D eigenvalue weighted by molar-refractivity contribution is 9.10. The van der Waals surface area contributed by atoms with Crippen LogP contribution in [0.2, 0.25) is 0 Å². The topological polar surface area (TPSA) is 90.1 Å². The summed E-state index contributed by atoms with van der Waals surface area (Å²) in [6.07, 6.45) is 0. The van der Waals surface area contributed by atoms with E-state index >= 15 is 0 Å². The van der Waals surface area contributed by atoms with Gasteiger partial charge < -0.3 is 14.5 Å². The van der Waals surface area contributed by atoms with Crippen LogP contribution in [0.15, 0.2) is 56.6 Å². The second kappa shape index (κ2) is 8.93. The summed E-state index contributed by atoms with van der Waals surface area (Å²) in [6.45, 7) is 2.54. The van der Waals surface area contributed by atoms with Crippen molar-refractivity contribution in [1.82, 2.24) is 15.2 Å². The second-order valence-electron chi connectivity index (χ2n) is 5.80. The Morgan fingerprint density at radius 3 is 2.86 bits per heavy atom. The molecular formula is C19H15BrN4O3S2. The maximum absolute atomic E-state index is 12.3. The average Bonchev–Trinajstić information content (AvgIpc) is 3.33. The largest absolute Gasteiger partial charge is 0.494 e. The second-order valence-corrected chi connectivity index (χ2v) is 8.67. The molecule has 0 bridgehead atoms. The number of thioether (sulfide) groups is 1. The summed E-state index contributed by atoms with van der Waals surface area (Å²) in [7, 11) is 0. The smallest absolute Gasteiger partial charge is 0.277 e. The molecule has 0 unspecified atom stereocenters. The number of thiazole rings is 1. The number of halogens is 1. The number of hydrogen-bond acceptors (Lipinski definition) is 8. The number of nitrogens with zero attached hydrogens (tertiary/aromatic N) is 3. The zero-order valence-corrected chi connectivity index (χ0v) is 18.4. The summed E-state index contributed by atoms with van der Waals surface area (Å²) < 4.78 is 13.0. The Morgan fingerprint density at radius 2 is 2.07 bits per heavy atom. The minimum Gasteiger partial charge on any atom is -0.494 e. The molecule has 0 aliphatic carbocycles. The molecule has 0 saturated carbocycles. The number of anilines is 1. The molecule has 0 fully saturated rings. The molecule has 0 aliphatic rings. The normalized spacial score (nSPS) is 11.0. The third kappa shape index (κ3) is 4.95. The molecule has 2 aromatic heterocycles. The van der Waals surface area contributed by atoms with E-state index in [1.54, 1.807) is 0 Å². The van der Waals surface area contributed by atoms with Crippen LogP contribution in [0.25, 0.3) is 21.7 Å². The molecule has 4 rings (SSSR count). The molecule has 0 saturated heterocycles. The molecule has 148 valence electrons. The highest BCUT2D eigenvalue weighted by Gasteiger charge is 2.13. The molecule has 2 aromatic carbocycles. The highest BCUT2D eigenvalue weighted by Crippen LogP contribution is 2.30. The number of nitrogens with one attached hydrogen (secondary N) is 1. The van der Waals surface area contributed by atoms with Crippen LogP contribution in [0.4, 0.5) is 5.13 Å². The van der Waals surface area contributed by atoms with Gasteiger partial charge in [-0.1, -0.05) is 39.0 Å². The molecule has 7 nitrogen and oxygen atoms in total. The van der Waals surface area contributed by atoms with Crippen molar-refractivity contribution in [3.05, 3.63) is 46.9 Å². The van der Waals surface area contributed by atoms with E-state index in [2.05, 4.69) is 36.4 Å². The number of ether oxygens (including phenoxy) is 1. The van der Waals surface area contributed by atoms with E-state index in [1.165, 1.54) is 23.1 Å². The van der Waals surface area contributed by atoms with Gasteiger partial charge in [-0.2, -0.15) is 0 Å². The van der Waals surface area contributed by atoms with Crippen LogP contribution < -0.4 is 10.1 Å². The van der Waals surface area contributed by atoms with Gasteiger partial charge >= 0.3 is 0 Å². The Bertz CT molecular complexity index is 1140. The minimum atomic E-state index is -0.192. The molecule has 0 spiro atoms. The maximum atomic E-state index is 12.3. The Hall–Kier alpha value is -2.43. The highest BCUT2D eigenvalue weighted by atomic mass is 79.9. The summed E-state index contributed by atoms with van der Waals surface area (Å²) in [5, 5.41) is 11.7. The predicted octanol–water partition coefficient (Wildman–Crippen LogP) is 5.24. The van der Waals surface area contributed by atoms with E-state index in [0.717, 1.165) is 26.0 Å². The van der Waals surface area contributed by atoms with Crippen molar-refractivity contribution >= 4 is 60.3 Å². The van der Waals surface area contributed by atoms with E-state index in [0.29, 0.717) is 22.9 Å². The number of aromatic nitrogens is 3. The van der Waals surface area contributed by atoms with Crippen molar-refractivity contribution < 1.29 is 13.9 Å². The average molecular weight is 491 g/mol. The lowest BCUT2D eigenvalue weighted by Crippen LogP contribution is -2.13. The summed E-state index contributed by atoms with van der Waals surface area (Å²) in [4.78, 5) is 16.7. The number of amides is 1. The quantitative estimate of drug-likeness (QED) is 0.354. The zero-order valence-electron chi connectivity index (χ0n) is 15.2. The van der Waals surface area contributed by atoms with Gasteiger partial charge in [-0.05, 0) is 49.4 Å². The monoisotopic (exact) mass is 490 g/mol. The zero-order chi connectivity index (χ0) is 20.2. The first-order valence-electron chi connectivity index (χ1n) is 8.66. The Kier molecular flexibility index (Phi) is 6.12. The summed E-state index contributed by atoms with van der Waals surface area (Å²) in [5.74, 6) is 1.15. The van der Waals surface area contributed by atoms with Crippen molar-refractivity contribution in [1.29, 1.82) is 0 Å². The molecular weight excluding hydrogens is 476 g/mol. The molecule has 2 heterocycles. The first kappa shape index (κ1) is 19.9. The molecule has 0 atom stereocenters. The van der Waals surface area contributed by atoms with Crippen molar-refractivity contribution in [3.63, 3.8) is 0 Å². The van der Waals surface area contributed by atoms with Gasteiger partial charge in [0.15, 0.2) is 5.13 Å². The fourth-order valence-electron chi connectivity index (χ4n) is 2.47. The molecule has 0 aliphatic heterocycles. The van der Waals surface area contributed by atoms with Gasteiger partial charge in [-0.25, -0.2) is 4.98 Å². The van der Waals surface area contributed by atoms with Crippen LogP contribution >= 0.6 is 39.0 Å². The third-order valence-corrected chi connectivity index (χ3v) is 6.02. The lowest BCUT2D eigenvalue weighted by atomic mass is 10.2. The first-order valence-corrected chi connectivity index (χ1v) is 11.3. The van der Waals surface area contributed by atoms with Gasteiger partial charge in [-0.15, -0.1) is 10.2 Å². The van der Waals surface area contributed by atoms with Crippen LogP contribution in [0.5, 0.6) is 5.75 Å². The standard InChI is InChI=1S/C19H15BrN4O3S2/c1-2-26-13-7-8-14-15(9-13)29-18(21-14)22-16(25)10-28-19-24-23-17(27-19)11-3-5-12(20)6-4-11/h3-9H,2,10H2,1H3,(H,21,22,25). The predicted molar refractivity (Wildman–Crippen MR) is 118 cm³/mol. The lowest BCUT2D eigenvalue weighted by Gasteiger charge is -2.00. The fraction of sp³-hybridized carbons (Fsp3) is 0.158. The number of rotatable bonds is 7. The first-order chi connectivity index (χ1) is 14.1. The van der Waals surface area contributed by atoms with Crippen molar-refractivity contribution in [2.45, 2.75) is 12.1 Å². The summed E-state index contributed by atoms with van der Waals surface area (Å²) >= 11 is 5.97. The van der Waals surface area contributed by atoms with E-state index in [9.17, 15) is 4.79 Å². The summed E-state index contributed by atoms with van der Waals surface area (Å²) in [5.41, 5.74) is 1.63. The van der Waals surface area contributed by atoms with Gasteiger partial charge in [0.2, 0.25) is 11.8 Å². The van der Waals surface area contributed by atoms with Gasteiger partial charge in [-0.3, -0.25) is 4.79 Å². The number of carbonyl (C=O) groups excluding carboxylic acids is 1. The lowest BCUT2D eigenvalue weighted by molar-refractivity contribution is -0.113. The SMILES string of the molecule is CCOc1ccc2nc(NC(=O)CSc3nnc(-c4ccc(Br)cc4)o3)sc2c1.